The molecule has 2 aromatic rings. The zero-order chi connectivity index (χ0) is 13.4. The Morgan fingerprint density at radius 2 is 2.11 bits per heavy atom. The molecule has 2 aromatic heterocycles. The summed E-state index contributed by atoms with van der Waals surface area (Å²) in [6.07, 6.45) is 3.15. The first kappa shape index (κ1) is 12.0. The van der Waals surface area contributed by atoms with Crippen LogP contribution in [0.1, 0.15) is 18.5 Å². The molecule has 0 atom stereocenters. The maximum Gasteiger partial charge on any atom is 0.306 e. The molecule has 1 fully saturated rings. The molecule has 0 aromatic carbocycles. The Kier molecular flexibility index (Phi) is 2.85. The van der Waals surface area contributed by atoms with Crippen LogP contribution in [0.25, 0.3) is 5.65 Å². The van der Waals surface area contributed by atoms with Gasteiger partial charge >= 0.3 is 5.97 Å². The van der Waals surface area contributed by atoms with Gasteiger partial charge < -0.3 is 10.0 Å². The molecule has 19 heavy (non-hydrogen) atoms. The summed E-state index contributed by atoms with van der Waals surface area (Å²) in [6, 6.07) is 3.89. The van der Waals surface area contributed by atoms with Crippen molar-refractivity contribution in [2.24, 2.45) is 5.92 Å². The van der Waals surface area contributed by atoms with Crippen molar-refractivity contribution in [3.05, 3.63) is 24.0 Å². The van der Waals surface area contributed by atoms with Crippen LogP contribution < -0.4 is 4.90 Å². The van der Waals surface area contributed by atoms with Gasteiger partial charge in [0.2, 0.25) is 0 Å². The van der Waals surface area contributed by atoms with E-state index in [1.165, 1.54) is 0 Å². The van der Waals surface area contributed by atoms with E-state index in [1.54, 1.807) is 6.20 Å². The fourth-order valence-electron chi connectivity index (χ4n) is 2.50. The second-order valence-corrected chi connectivity index (χ2v) is 4.96. The van der Waals surface area contributed by atoms with Gasteiger partial charge in [0.05, 0.1) is 17.8 Å². The molecular weight excluding hydrogens is 244 g/mol. The van der Waals surface area contributed by atoms with Gasteiger partial charge in [-0.15, -0.1) is 5.10 Å². The fourth-order valence-corrected chi connectivity index (χ4v) is 2.50. The quantitative estimate of drug-likeness (QED) is 0.882. The van der Waals surface area contributed by atoms with Crippen LogP contribution >= 0.6 is 0 Å². The fraction of sp³-hybridized carbons (Fsp3) is 0.462. The van der Waals surface area contributed by atoms with Crippen molar-refractivity contribution in [3.63, 3.8) is 0 Å². The molecule has 0 unspecified atom stereocenters. The first-order chi connectivity index (χ1) is 9.15. The molecule has 100 valence electrons. The zero-order valence-electron chi connectivity index (χ0n) is 10.8. The number of hydrogen-bond acceptors (Lipinski definition) is 4. The van der Waals surface area contributed by atoms with Crippen molar-refractivity contribution in [1.29, 1.82) is 0 Å². The summed E-state index contributed by atoms with van der Waals surface area (Å²) in [6.45, 7) is 3.44. The number of carboxylic acid groups (broad SMARTS) is 1. The number of piperidine rings is 1. The molecule has 0 bridgehead atoms. The molecule has 6 heteroatoms. The molecular formula is C13H16N4O2. The minimum Gasteiger partial charge on any atom is -0.481 e. The molecule has 1 N–H and O–H groups in total. The third kappa shape index (κ3) is 2.14. The lowest BCUT2D eigenvalue weighted by Gasteiger charge is -2.30. The summed E-state index contributed by atoms with van der Waals surface area (Å²) in [5, 5.41) is 13.6. The summed E-state index contributed by atoms with van der Waals surface area (Å²) in [5.41, 5.74) is 1.83. The van der Waals surface area contributed by atoms with Crippen LogP contribution in [0.3, 0.4) is 0 Å². The maximum atomic E-state index is 10.9. The van der Waals surface area contributed by atoms with Crippen molar-refractivity contribution in [1.82, 2.24) is 14.6 Å². The molecule has 6 nitrogen and oxygen atoms in total. The average Bonchev–Trinajstić information content (AvgIpc) is 2.80. The van der Waals surface area contributed by atoms with E-state index in [9.17, 15) is 4.79 Å². The Hall–Kier alpha value is -2.11. The van der Waals surface area contributed by atoms with Crippen LogP contribution in [-0.2, 0) is 4.79 Å². The van der Waals surface area contributed by atoms with E-state index in [0.717, 1.165) is 30.2 Å². The highest BCUT2D eigenvalue weighted by Gasteiger charge is 2.25. The normalized spacial score (nSPS) is 17.0. The lowest BCUT2D eigenvalue weighted by atomic mass is 9.97. The molecule has 1 aliphatic heterocycles. The Labute approximate surface area is 110 Å². The highest BCUT2D eigenvalue weighted by atomic mass is 16.4. The molecule has 0 amide bonds. The van der Waals surface area contributed by atoms with E-state index in [0.29, 0.717) is 12.8 Å². The molecule has 0 aliphatic carbocycles. The number of aryl methyl sites for hydroxylation is 1. The first-order valence-electron chi connectivity index (χ1n) is 6.44. The highest BCUT2D eigenvalue weighted by molar-refractivity contribution is 5.70. The lowest BCUT2D eigenvalue weighted by Crippen LogP contribution is -2.37. The van der Waals surface area contributed by atoms with Crippen LogP contribution in [0.15, 0.2) is 18.3 Å². The summed E-state index contributed by atoms with van der Waals surface area (Å²) < 4.78 is 1.82. The van der Waals surface area contributed by atoms with Crippen molar-refractivity contribution in [3.8, 4) is 0 Å². The number of hydrogen-bond donors (Lipinski definition) is 1. The van der Waals surface area contributed by atoms with E-state index < -0.39 is 5.97 Å². The van der Waals surface area contributed by atoms with Crippen LogP contribution in [0.5, 0.6) is 0 Å². The van der Waals surface area contributed by atoms with Gasteiger partial charge in [-0.1, -0.05) is 0 Å². The SMILES string of the molecule is Cc1cnc2ccc(N3CCC(C(=O)O)CC3)nn12. The number of imidazole rings is 1. The molecule has 1 aliphatic rings. The van der Waals surface area contributed by atoms with E-state index in [1.807, 2.05) is 23.6 Å². The number of aromatic nitrogens is 3. The summed E-state index contributed by atoms with van der Waals surface area (Å²) >= 11 is 0. The van der Waals surface area contributed by atoms with Crippen molar-refractivity contribution in [2.45, 2.75) is 19.8 Å². The molecule has 0 saturated carbocycles. The number of anilines is 1. The number of nitrogens with zero attached hydrogens (tertiary/aromatic N) is 4. The van der Waals surface area contributed by atoms with Crippen LogP contribution in [0.2, 0.25) is 0 Å². The van der Waals surface area contributed by atoms with Gasteiger partial charge in [0.25, 0.3) is 0 Å². The summed E-state index contributed by atoms with van der Waals surface area (Å²) in [7, 11) is 0. The molecule has 0 radical (unpaired) electrons. The third-order valence-corrected chi connectivity index (χ3v) is 3.69. The van der Waals surface area contributed by atoms with Gasteiger partial charge in [0, 0.05) is 13.1 Å². The average molecular weight is 260 g/mol. The van der Waals surface area contributed by atoms with Crippen LogP contribution in [-0.4, -0.2) is 38.8 Å². The minimum atomic E-state index is -0.687. The third-order valence-electron chi connectivity index (χ3n) is 3.69. The van der Waals surface area contributed by atoms with E-state index in [2.05, 4.69) is 15.0 Å². The molecule has 3 rings (SSSR count). The Morgan fingerprint density at radius 1 is 1.37 bits per heavy atom. The minimum absolute atomic E-state index is 0.213. The van der Waals surface area contributed by atoms with Gasteiger partial charge in [-0.05, 0) is 31.9 Å². The van der Waals surface area contributed by atoms with Gasteiger partial charge in [0.15, 0.2) is 5.65 Å². The largest absolute Gasteiger partial charge is 0.481 e. The second-order valence-electron chi connectivity index (χ2n) is 4.96. The number of fused-ring (bicyclic) bond motifs is 1. The van der Waals surface area contributed by atoms with E-state index >= 15 is 0 Å². The Bertz CT molecular complexity index is 614. The van der Waals surface area contributed by atoms with Crippen molar-refractivity contribution < 1.29 is 9.90 Å². The van der Waals surface area contributed by atoms with Gasteiger partial charge in [-0.2, -0.15) is 0 Å². The van der Waals surface area contributed by atoms with Crippen LogP contribution in [0, 0.1) is 12.8 Å². The smallest absolute Gasteiger partial charge is 0.306 e. The lowest BCUT2D eigenvalue weighted by molar-refractivity contribution is -0.142. The number of aliphatic carboxylic acids is 1. The number of carboxylic acids is 1. The highest BCUT2D eigenvalue weighted by Crippen LogP contribution is 2.22. The topological polar surface area (TPSA) is 70.7 Å². The first-order valence-corrected chi connectivity index (χ1v) is 6.44. The summed E-state index contributed by atoms with van der Waals surface area (Å²) in [4.78, 5) is 17.3. The van der Waals surface area contributed by atoms with Gasteiger partial charge in [-0.25, -0.2) is 9.50 Å². The predicted octanol–water partition coefficient (Wildman–Crippen LogP) is 1.34. The summed E-state index contributed by atoms with van der Waals surface area (Å²) in [5.74, 6) is -0.0130. The zero-order valence-corrected chi connectivity index (χ0v) is 10.8. The van der Waals surface area contributed by atoms with Crippen LogP contribution in [0.4, 0.5) is 5.82 Å². The molecule has 1 saturated heterocycles. The number of carbonyl (C=O) groups is 1. The molecule has 0 spiro atoms. The second kappa shape index (κ2) is 4.53. The monoisotopic (exact) mass is 260 g/mol. The van der Waals surface area contributed by atoms with Gasteiger partial charge in [-0.3, -0.25) is 4.79 Å². The van der Waals surface area contributed by atoms with Crippen molar-refractivity contribution >= 4 is 17.4 Å². The number of rotatable bonds is 2. The maximum absolute atomic E-state index is 10.9. The standard InChI is InChI=1S/C13H16N4O2/c1-9-8-14-11-2-3-12(15-17(9)11)16-6-4-10(5-7-16)13(18)19/h2-3,8,10H,4-7H2,1H3,(H,18,19). The predicted molar refractivity (Wildman–Crippen MR) is 70.3 cm³/mol. The molecule has 3 heterocycles. The van der Waals surface area contributed by atoms with Gasteiger partial charge in [0.1, 0.15) is 5.82 Å². The van der Waals surface area contributed by atoms with Crippen molar-refractivity contribution in [2.75, 3.05) is 18.0 Å². The van der Waals surface area contributed by atoms with E-state index in [4.69, 9.17) is 5.11 Å². The Balaban J connectivity index is 1.81. The Morgan fingerprint density at radius 3 is 2.79 bits per heavy atom. The van der Waals surface area contributed by atoms with E-state index in [-0.39, 0.29) is 5.92 Å².